The largest absolute Gasteiger partial charge is 0.394 e. The second kappa shape index (κ2) is 9.93. The van der Waals surface area contributed by atoms with Crippen molar-refractivity contribution in [2.75, 3.05) is 18.5 Å². The van der Waals surface area contributed by atoms with Crippen molar-refractivity contribution in [3.8, 4) is 0 Å². The Labute approximate surface area is 172 Å². The van der Waals surface area contributed by atoms with E-state index in [4.69, 9.17) is 9.94 Å². The summed E-state index contributed by atoms with van der Waals surface area (Å²) in [6, 6.07) is 4.65. The number of thiophene rings is 1. The van der Waals surface area contributed by atoms with Gasteiger partial charge in [-0.2, -0.15) is 0 Å². The number of hydrogen-bond donors (Lipinski definition) is 4. The minimum Gasteiger partial charge on any atom is -0.394 e. The van der Waals surface area contributed by atoms with Gasteiger partial charge in [-0.3, -0.25) is 14.4 Å². The molecular formula is C20H25FN2O5S. The van der Waals surface area contributed by atoms with Crippen molar-refractivity contribution in [1.29, 1.82) is 0 Å². The minimum atomic E-state index is -1.14. The number of hydroxylamine groups is 1. The molecule has 7 nitrogen and oxygen atoms in total. The van der Waals surface area contributed by atoms with Crippen LogP contribution in [0, 0.1) is 12.7 Å². The molecule has 0 aliphatic heterocycles. The number of benzene rings is 1. The zero-order valence-corrected chi connectivity index (χ0v) is 17.5. The molecule has 158 valence electrons. The average molecular weight is 424 g/mol. The number of aliphatic hydroxyl groups excluding tert-OH is 2. The fraction of sp³-hybridized carbons (Fsp3) is 0.400. The van der Waals surface area contributed by atoms with Gasteiger partial charge in [0, 0.05) is 0 Å². The van der Waals surface area contributed by atoms with E-state index in [0.29, 0.717) is 15.4 Å². The molecule has 0 fully saturated rings. The molecule has 0 unspecified atom stereocenters. The van der Waals surface area contributed by atoms with E-state index in [1.165, 1.54) is 13.0 Å². The number of carbonyl (C=O) groups is 2. The quantitative estimate of drug-likeness (QED) is 0.363. The molecule has 2 rings (SSSR count). The molecule has 0 saturated heterocycles. The second-order valence-electron chi connectivity index (χ2n) is 6.95. The van der Waals surface area contributed by atoms with E-state index in [9.17, 15) is 19.1 Å². The zero-order valence-electron chi connectivity index (χ0n) is 16.7. The highest BCUT2D eigenvalue weighted by Crippen LogP contribution is 2.40. The monoisotopic (exact) mass is 424 g/mol. The van der Waals surface area contributed by atoms with Gasteiger partial charge in [-0.15, -0.1) is 11.3 Å². The van der Waals surface area contributed by atoms with Gasteiger partial charge in [0.05, 0.1) is 22.7 Å². The third kappa shape index (κ3) is 5.60. The maximum Gasteiger partial charge on any atom is 0.278 e. The molecule has 2 aromatic rings. The Hall–Kier alpha value is -2.33. The van der Waals surface area contributed by atoms with E-state index in [1.807, 2.05) is 13.8 Å². The molecule has 0 aliphatic rings. The highest BCUT2D eigenvalue weighted by molar-refractivity contribution is 7.18. The Bertz CT molecular complexity index is 897. The first-order chi connectivity index (χ1) is 13.6. The van der Waals surface area contributed by atoms with Crippen molar-refractivity contribution >= 4 is 33.7 Å². The molecule has 1 atom stereocenters. The number of rotatable bonds is 9. The number of ketones is 1. The van der Waals surface area contributed by atoms with Crippen molar-refractivity contribution in [2.45, 2.75) is 39.7 Å². The number of nitrogens with one attached hydrogen (secondary N) is 2. The predicted molar refractivity (Wildman–Crippen MR) is 109 cm³/mol. The Balaban J connectivity index is 2.44. The maximum absolute atomic E-state index is 14.3. The molecule has 0 aliphatic carbocycles. The topological polar surface area (TPSA) is 108 Å². The van der Waals surface area contributed by atoms with Crippen molar-refractivity contribution in [1.82, 2.24) is 5.48 Å². The van der Waals surface area contributed by atoms with Crippen LogP contribution in [0.4, 0.5) is 15.1 Å². The molecule has 4 N–H and O–H groups in total. The predicted octanol–water partition coefficient (Wildman–Crippen LogP) is 3.28. The first-order valence-corrected chi connectivity index (χ1v) is 9.89. The summed E-state index contributed by atoms with van der Waals surface area (Å²) in [6.07, 6.45) is -1.14. The van der Waals surface area contributed by atoms with E-state index in [0.717, 1.165) is 16.9 Å². The van der Waals surface area contributed by atoms with Crippen LogP contribution in [0.3, 0.4) is 0 Å². The lowest BCUT2D eigenvalue weighted by Gasteiger charge is -2.14. The molecule has 0 radical (unpaired) electrons. The maximum atomic E-state index is 14.3. The van der Waals surface area contributed by atoms with E-state index >= 15 is 0 Å². The summed E-state index contributed by atoms with van der Waals surface area (Å²) in [4.78, 5) is 30.3. The third-order valence-electron chi connectivity index (χ3n) is 4.09. The molecule has 0 saturated carbocycles. The van der Waals surface area contributed by atoms with Gasteiger partial charge < -0.3 is 15.5 Å². The molecule has 0 spiro atoms. The summed E-state index contributed by atoms with van der Waals surface area (Å²) in [5, 5.41) is 21.4. The highest BCUT2D eigenvalue weighted by atomic mass is 32.1. The van der Waals surface area contributed by atoms with Gasteiger partial charge in [-0.1, -0.05) is 19.9 Å². The Kier molecular flexibility index (Phi) is 7.86. The minimum absolute atomic E-state index is 0.160. The molecular weight excluding hydrogens is 399 g/mol. The van der Waals surface area contributed by atoms with E-state index in [-0.39, 0.29) is 29.6 Å². The Morgan fingerprint density at radius 1 is 1.31 bits per heavy atom. The smallest absolute Gasteiger partial charge is 0.278 e. The fourth-order valence-electron chi connectivity index (χ4n) is 2.72. The first-order valence-electron chi connectivity index (χ1n) is 9.07. The van der Waals surface area contributed by atoms with Crippen LogP contribution in [0.1, 0.15) is 57.8 Å². The van der Waals surface area contributed by atoms with Crippen LogP contribution in [-0.2, 0) is 4.84 Å². The lowest BCUT2D eigenvalue weighted by Crippen LogP contribution is -2.30. The van der Waals surface area contributed by atoms with E-state index in [2.05, 4.69) is 10.8 Å². The van der Waals surface area contributed by atoms with Gasteiger partial charge in [-0.05, 0) is 43.0 Å². The molecule has 1 heterocycles. The summed E-state index contributed by atoms with van der Waals surface area (Å²) >= 11 is 1.07. The number of Topliss-reactive ketones (excluding diaryl/α,β-unsaturated/α-hetero) is 1. The third-order valence-corrected chi connectivity index (χ3v) is 5.32. The van der Waals surface area contributed by atoms with Crippen molar-refractivity contribution in [3.05, 3.63) is 45.6 Å². The molecule has 1 aromatic carbocycles. The van der Waals surface area contributed by atoms with Gasteiger partial charge in [-0.25, -0.2) is 9.87 Å². The van der Waals surface area contributed by atoms with Crippen LogP contribution in [0.5, 0.6) is 0 Å². The molecule has 29 heavy (non-hydrogen) atoms. The van der Waals surface area contributed by atoms with Crippen molar-refractivity contribution in [2.24, 2.45) is 0 Å². The van der Waals surface area contributed by atoms with Crippen LogP contribution < -0.4 is 10.8 Å². The van der Waals surface area contributed by atoms with Gasteiger partial charge in [0.25, 0.3) is 5.91 Å². The average Bonchev–Trinajstić information content (AvgIpc) is 3.03. The normalized spacial score (nSPS) is 12.1. The van der Waals surface area contributed by atoms with Crippen molar-refractivity contribution < 1.29 is 29.0 Å². The molecule has 1 amide bonds. The van der Waals surface area contributed by atoms with Crippen LogP contribution >= 0.6 is 11.3 Å². The highest BCUT2D eigenvalue weighted by Gasteiger charge is 2.28. The van der Waals surface area contributed by atoms with Crippen molar-refractivity contribution in [3.63, 3.8) is 0 Å². The van der Waals surface area contributed by atoms with Gasteiger partial charge >= 0.3 is 0 Å². The van der Waals surface area contributed by atoms with Crippen LogP contribution in [0.2, 0.25) is 0 Å². The molecule has 1 aromatic heterocycles. The number of aryl methyl sites for hydroxylation is 1. The van der Waals surface area contributed by atoms with Crippen LogP contribution in [-0.4, -0.2) is 41.2 Å². The van der Waals surface area contributed by atoms with Crippen LogP contribution in [0.25, 0.3) is 0 Å². The number of hydrogen-bond acceptors (Lipinski definition) is 7. The Morgan fingerprint density at radius 3 is 2.55 bits per heavy atom. The summed E-state index contributed by atoms with van der Waals surface area (Å²) in [6.45, 7) is 6.04. The number of anilines is 2. The van der Waals surface area contributed by atoms with Gasteiger partial charge in [0.2, 0.25) is 0 Å². The summed E-state index contributed by atoms with van der Waals surface area (Å²) in [5.74, 6) is -1.49. The number of halogens is 1. The molecule has 0 bridgehead atoms. The lowest BCUT2D eigenvalue weighted by atomic mass is 9.97. The summed E-state index contributed by atoms with van der Waals surface area (Å²) in [5.41, 5.74) is 3.84. The number of carbonyl (C=O) groups excluding carboxylic acids is 2. The van der Waals surface area contributed by atoms with E-state index in [1.54, 1.807) is 19.1 Å². The second-order valence-corrected chi connectivity index (χ2v) is 7.97. The zero-order chi connectivity index (χ0) is 21.7. The fourth-order valence-corrected chi connectivity index (χ4v) is 3.98. The molecule has 9 heteroatoms. The number of aliphatic hydroxyl groups is 2. The Morgan fingerprint density at radius 2 is 2.00 bits per heavy atom. The van der Waals surface area contributed by atoms with Gasteiger partial charge in [0.1, 0.15) is 23.5 Å². The van der Waals surface area contributed by atoms with E-state index < -0.39 is 24.4 Å². The standard InChI is InChI=1S/C20H25FN2O5S/c1-10(2)16-17(19(27)23-28-9-13(26)8-24)20(29-18(16)12(4)25)22-15-6-5-11(3)7-14(15)21/h5-7,10,13,22,24,26H,8-9H2,1-4H3,(H,23,27)/t13-/m1/s1. The van der Waals surface area contributed by atoms with Crippen LogP contribution in [0.15, 0.2) is 18.2 Å². The number of amides is 1. The van der Waals surface area contributed by atoms with Gasteiger partial charge in [0.15, 0.2) is 5.78 Å². The summed E-state index contributed by atoms with van der Waals surface area (Å²) < 4.78 is 14.3. The summed E-state index contributed by atoms with van der Waals surface area (Å²) in [7, 11) is 0. The lowest BCUT2D eigenvalue weighted by molar-refractivity contribution is -0.0295. The first kappa shape index (κ1) is 23.0. The SMILES string of the molecule is CC(=O)c1sc(Nc2ccc(C)cc2F)c(C(=O)NOC[C@H](O)CO)c1C(C)C.